The zero-order chi connectivity index (χ0) is 20.9. The van der Waals surface area contributed by atoms with Crippen molar-refractivity contribution in [3.8, 4) is 0 Å². The Bertz CT molecular complexity index is 1030. The smallest absolute Gasteiger partial charge is 0.318 e. The van der Waals surface area contributed by atoms with Gasteiger partial charge in [-0.15, -0.1) is 0 Å². The van der Waals surface area contributed by atoms with Crippen molar-refractivity contribution in [2.75, 3.05) is 36.4 Å². The van der Waals surface area contributed by atoms with Crippen LogP contribution in [-0.4, -0.2) is 64.0 Å². The van der Waals surface area contributed by atoms with Gasteiger partial charge in [-0.05, 0) is 37.3 Å². The maximum atomic E-state index is 12.6. The lowest BCUT2D eigenvalue weighted by Crippen LogP contribution is -2.55. The number of benzene rings is 1. The average Bonchev–Trinajstić information content (AvgIpc) is 2.80. The van der Waals surface area contributed by atoms with Crippen LogP contribution >= 0.6 is 0 Å². The van der Waals surface area contributed by atoms with Gasteiger partial charge >= 0.3 is 6.03 Å². The van der Waals surface area contributed by atoms with Crippen molar-refractivity contribution in [3.05, 3.63) is 55.0 Å². The second-order valence-corrected chi connectivity index (χ2v) is 7.06. The van der Waals surface area contributed by atoms with Crippen molar-refractivity contribution in [3.63, 3.8) is 0 Å². The van der Waals surface area contributed by atoms with E-state index >= 15 is 0 Å². The first-order valence-electron chi connectivity index (χ1n) is 9.84. The second kappa shape index (κ2) is 8.73. The molecule has 0 unspecified atom stereocenters. The summed E-state index contributed by atoms with van der Waals surface area (Å²) in [6, 6.07) is 10.1. The zero-order valence-electron chi connectivity index (χ0n) is 16.7. The van der Waals surface area contributed by atoms with Gasteiger partial charge in [-0.2, -0.15) is 0 Å². The predicted molar refractivity (Wildman–Crippen MR) is 114 cm³/mol. The summed E-state index contributed by atoms with van der Waals surface area (Å²) in [6.07, 6.45) is 5.11. The van der Waals surface area contributed by atoms with Gasteiger partial charge in [0, 0.05) is 50.2 Å². The number of nitrogens with zero attached hydrogens (tertiary/aromatic N) is 5. The number of pyridine rings is 1. The van der Waals surface area contributed by atoms with E-state index in [9.17, 15) is 9.59 Å². The van der Waals surface area contributed by atoms with Crippen molar-refractivity contribution in [1.82, 2.24) is 25.2 Å². The number of urea groups is 1. The molecule has 0 bridgehead atoms. The number of nitrogens with one attached hydrogen (secondary N) is 2. The third-order valence-electron chi connectivity index (χ3n) is 5.04. The minimum absolute atomic E-state index is 0.258. The summed E-state index contributed by atoms with van der Waals surface area (Å²) in [5.74, 6) is 0.380. The maximum Gasteiger partial charge on any atom is 0.318 e. The third-order valence-corrected chi connectivity index (χ3v) is 5.04. The van der Waals surface area contributed by atoms with Crippen LogP contribution in [0.2, 0.25) is 0 Å². The summed E-state index contributed by atoms with van der Waals surface area (Å²) in [7, 11) is 0. The quantitative estimate of drug-likeness (QED) is 0.687. The molecule has 1 fully saturated rings. The Hall–Kier alpha value is -3.75. The lowest BCUT2D eigenvalue weighted by molar-refractivity contribution is -0.117. The Morgan fingerprint density at radius 2 is 1.67 bits per heavy atom. The Balaban J connectivity index is 1.32. The topological polar surface area (TPSA) is 103 Å². The molecule has 1 aliphatic heterocycles. The normalized spacial score (nSPS) is 15.0. The van der Waals surface area contributed by atoms with Gasteiger partial charge < -0.3 is 20.4 Å². The molecular weight excluding hydrogens is 382 g/mol. The first-order valence-corrected chi connectivity index (χ1v) is 9.84. The van der Waals surface area contributed by atoms with Crippen LogP contribution in [-0.2, 0) is 4.79 Å². The number of carbonyl (C=O) groups is 2. The van der Waals surface area contributed by atoms with Gasteiger partial charge in [0.2, 0.25) is 11.9 Å². The molecule has 4 rings (SSSR count). The lowest BCUT2D eigenvalue weighted by Gasteiger charge is -2.35. The maximum absolute atomic E-state index is 12.6. The Labute approximate surface area is 174 Å². The molecule has 3 heterocycles. The van der Waals surface area contributed by atoms with E-state index in [-0.39, 0.29) is 11.9 Å². The highest BCUT2D eigenvalue weighted by atomic mass is 16.2. The molecule has 154 valence electrons. The Kier molecular flexibility index (Phi) is 5.69. The summed E-state index contributed by atoms with van der Waals surface area (Å²) in [5.41, 5.74) is 1.47. The largest absolute Gasteiger partial charge is 0.337 e. The van der Waals surface area contributed by atoms with Gasteiger partial charge in [-0.3, -0.25) is 9.78 Å². The van der Waals surface area contributed by atoms with Crippen LogP contribution in [0.5, 0.6) is 0 Å². The number of amides is 3. The molecule has 1 saturated heterocycles. The number of fused-ring (bicyclic) bond motifs is 1. The molecule has 3 amide bonds. The minimum Gasteiger partial charge on any atom is -0.337 e. The van der Waals surface area contributed by atoms with Gasteiger partial charge in [0.25, 0.3) is 0 Å². The number of aromatic nitrogens is 3. The number of piperazine rings is 1. The molecule has 30 heavy (non-hydrogen) atoms. The summed E-state index contributed by atoms with van der Waals surface area (Å²) >= 11 is 0. The second-order valence-electron chi connectivity index (χ2n) is 7.06. The fourth-order valence-corrected chi connectivity index (χ4v) is 3.36. The monoisotopic (exact) mass is 405 g/mol. The molecule has 2 N–H and O–H groups in total. The molecule has 1 aromatic carbocycles. The standard InChI is InChI=1S/C21H23N7O2/c1-15(19(29)26-18-7-2-6-17-16(18)5-3-8-22-17)25-21(30)28-13-11-27(12-14-28)20-23-9-4-10-24-20/h2-10,15H,11-14H2,1H3,(H,25,30)(H,26,29)/t15-/m1/s1. The van der Waals surface area contributed by atoms with E-state index < -0.39 is 6.04 Å². The minimum atomic E-state index is -0.681. The van der Waals surface area contributed by atoms with Crippen molar-refractivity contribution in [2.24, 2.45) is 0 Å². The summed E-state index contributed by atoms with van der Waals surface area (Å²) in [5, 5.41) is 6.52. The predicted octanol–water partition coefficient (Wildman–Crippen LogP) is 1.88. The van der Waals surface area contributed by atoms with E-state index in [4.69, 9.17) is 0 Å². The summed E-state index contributed by atoms with van der Waals surface area (Å²) in [4.78, 5) is 41.7. The highest BCUT2D eigenvalue weighted by Gasteiger charge is 2.25. The molecule has 0 spiro atoms. The van der Waals surface area contributed by atoms with E-state index in [1.54, 1.807) is 36.5 Å². The van der Waals surface area contributed by atoms with Gasteiger partial charge in [0.15, 0.2) is 0 Å². The Morgan fingerprint density at radius 1 is 0.933 bits per heavy atom. The van der Waals surface area contributed by atoms with Gasteiger partial charge in [-0.25, -0.2) is 14.8 Å². The molecule has 0 saturated carbocycles. The van der Waals surface area contributed by atoms with Crippen molar-refractivity contribution in [2.45, 2.75) is 13.0 Å². The van der Waals surface area contributed by atoms with Gasteiger partial charge in [0.1, 0.15) is 6.04 Å². The molecule has 9 heteroatoms. The van der Waals surface area contributed by atoms with Crippen LogP contribution in [0.3, 0.4) is 0 Å². The molecule has 2 aromatic heterocycles. The van der Waals surface area contributed by atoms with Gasteiger partial charge in [0.05, 0.1) is 11.2 Å². The van der Waals surface area contributed by atoms with Crippen molar-refractivity contribution >= 4 is 34.5 Å². The highest BCUT2D eigenvalue weighted by Crippen LogP contribution is 2.21. The molecule has 3 aromatic rings. The van der Waals surface area contributed by atoms with E-state index in [0.717, 1.165) is 10.9 Å². The number of hydrogen-bond acceptors (Lipinski definition) is 6. The molecule has 1 aliphatic rings. The molecule has 0 radical (unpaired) electrons. The third kappa shape index (κ3) is 4.29. The van der Waals surface area contributed by atoms with E-state index in [1.807, 2.05) is 35.2 Å². The molecular formula is C21H23N7O2. The van der Waals surface area contributed by atoms with Crippen molar-refractivity contribution in [1.29, 1.82) is 0 Å². The van der Waals surface area contributed by atoms with Crippen LogP contribution in [0.15, 0.2) is 55.0 Å². The first-order chi connectivity index (χ1) is 14.6. The highest BCUT2D eigenvalue weighted by molar-refractivity contribution is 6.03. The van der Waals surface area contributed by atoms with Crippen LogP contribution in [0, 0.1) is 0 Å². The first kappa shape index (κ1) is 19.6. The van der Waals surface area contributed by atoms with Crippen molar-refractivity contribution < 1.29 is 9.59 Å². The van der Waals surface area contributed by atoms with Crippen LogP contribution in [0.1, 0.15) is 6.92 Å². The summed E-state index contributed by atoms with van der Waals surface area (Å²) < 4.78 is 0. The van der Waals surface area contributed by atoms with E-state index in [2.05, 4.69) is 25.6 Å². The average molecular weight is 405 g/mol. The molecule has 9 nitrogen and oxygen atoms in total. The number of anilines is 2. The molecule has 0 aliphatic carbocycles. The van der Waals surface area contributed by atoms with Crippen LogP contribution in [0.4, 0.5) is 16.4 Å². The molecule has 1 atom stereocenters. The van der Waals surface area contributed by atoms with Crippen LogP contribution < -0.4 is 15.5 Å². The fraction of sp³-hybridized carbons (Fsp3) is 0.286. The fourth-order valence-electron chi connectivity index (χ4n) is 3.36. The number of hydrogen-bond donors (Lipinski definition) is 2. The number of carbonyl (C=O) groups excluding carboxylic acids is 2. The summed E-state index contributed by atoms with van der Waals surface area (Å²) in [6.45, 7) is 4.02. The number of rotatable bonds is 4. The van der Waals surface area contributed by atoms with E-state index in [1.165, 1.54) is 0 Å². The van der Waals surface area contributed by atoms with Gasteiger partial charge in [-0.1, -0.05) is 6.07 Å². The van der Waals surface area contributed by atoms with E-state index in [0.29, 0.717) is 37.8 Å². The lowest BCUT2D eigenvalue weighted by atomic mass is 10.1. The van der Waals surface area contributed by atoms with Crippen LogP contribution in [0.25, 0.3) is 10.9 Å². The SMILES string of the molecule is C[C@@H](NC(=O)N1CCN(c2ncccn2)CC1)C(=O)Nc1cccc2ncccc12. The zero-order valence-corrected chi connectivity index (χ0v) is 16.7. The Morgan fingerprint density at radius 3 is 2.43 bits per heavy atom.